The van der Waals surface area contributed by atoms with E-state index in [4.69, 9.17) is 9.47 Å². The maximum atomic E-state index is 12.1. The summed E-state index contributed by atoms with van der Waals surface area (Å²) >= 11 is 0. The predicted molar refractivity (Wildman–Crippen MR) is 128 cm³/mol. The van der Waals surface area contributed by atoms with Crippen molar-refractivity contribution >= 4 is 29.4 Å². The Morgan fingerprint density at radius 1 is 0.853 bits per heavy atom. The van der Waals surface area contributed by atoms with Crippen LogP contribution in [0.3, 0.4) is 0 Å². The van der Waals surface area contributed by atoms with E-state index in [1.165, 1.54) is 0 Å². The smallest absolute Gasteiger partial charge is 0.338 e. The second-order valence-electron chi connectivity index (χ2n) is 7.83. The first-order chi connectivity index (χ1) is 16.4. The van der Waals surface area contributed by atoms with Crippen molar-refractivity contribution in [3.63, 3.8) is 0 Å². The van der Waals surface area contributed by atoms with E-state index in [0.29, 0.717) is 17.9 Å². The molecule has 2 amide bonds. The Bertz CT molecular complexity index is 944. The van der Waals surface area contributed by atoms with Gasteiger partial charge in [-0.3, -0.25) is 14.4 Å². The van der Waals surface area contributed by atoms with Crippen molar-refractivity contribution in [1.82, 2.24) is 5.32 Å². The molecule has 1 atom stereocenters. The number of esters is 2. The predicted octanol–water partition coefficient (Wildman–Crippen LogP) is 4.17. The largest absolute Gasteiger partial charge is 0.462 e. The molecule has 0 saturated heterocycles. The molecule has 8 nitrogen and oxygen atoms in total. The minimum Gasteiger partial charge on any atom is -0.462 e. The van der Waals surface area contributed by atoms with Crippen molar-refractivity contribution in [1.29, 1.82) is 0 Å². The number of ether oxygens (including phenoxy) is 2. The van der Waals surface area contributed by atoms with Crippen LogP contribution in [0.5, 0.6) is 0 Å². The lowest BCUT2D eigenvalue weighted by molar-refractivity contribution is -0.148. The Morgan fingerprint density at radius 2 is 1.56 bits per heavy atom. The fourth-order valence-electron chi connectivity index (χ4n) is 3.03. The zero-order valence-corrected chi connectivity index (χ0v) is 19.7. The van der Waals surface area contributed by atoms with Gasteiger partial charge in [0, 0.05) is 18.5 Å². The summed E-state index contributed by atoms with van der Waals surface area (Å²) in [6.07, 6.45) is 2.19. The molecule has 0 aromatic heterocycles. The molecule has 0 bridgehead atoms. The van der Waals surface area contributed by atoms with Gasteiger partial charge in [0.1, 0.15) is 0 Å². The van der Waals surface area contributed by atoms with Gasteiger partial charge in [0.2, 0.25) is 5.91 Å². The van der Waals surface area contributed by atoms with Crippen molar-refractivity contribution in [2.75, 3.05) is 18.5 Å². The number of unbranched alkanes of at least 4 members (excludes halogenated alkanes) is 1. The summed E-state index contributed by atoms with van der Waals surface area (Å²) in [7, 11) is 0. The van der Waals surface area contributed by atoms with Gasteiger partial charge in [-0.05, 0) is 49.6 Å². The quantitative estimate of drug-likeness (QED) is 0.337. The van der Waals surface area contributed by atoms with E-state index in [2.05, 4.69) is 10.6 Å². The van der Waals surface area contributed by atoms with E-state index < -0.39 is 11.9 Å². The van der Waals surface area contributed by atoms with E-state index in [1.54, 1.807) is 24.3 Å². The Hall–Kier alpha value is -3.68. The molecular weight excluding hydrogens is 436 g/mol. The first-order valence-corrected chi connectivity index (χ1v) is 11.5. The van der Waals surface area contributed by atoms with Gasteiger partial charge in [0.25, 0.3) is 5.91 Å². The summed E-state index contributed by atoms with van der Waals surface area (Å²) in [6.45, 7) is 3.88. The van der Waals surface area contributed by atoms with Gasteiger partial charge < -0.3 is 20.1 Å². The zero-order chi connectivity index (χ0) is 24.8. The number of hydrogen-bond donors (Lipinski definition) is 2. The molecular formula is C26H32N2O6. The molecule has 2 rings (SSSR count). The topological polar surface area (TPSA) is 111 Å². The molecule has 0 aliphatic carbocycles. The lowest BCUT2D eigenvalue weighted by Crippen LogP contribution is -2.31. The van der Waals surface area contributed by atoms with Crippen molar-refractivity contribution in [2.24, 2.45) is 0 Å². The third-order valence-electron chi connectivity index (χ3n) is 4.96. The molecule has 0 radical (unpaired) electrons. The standard InChI is InChI=1S/C26H32N2O6/c1-3-4-17-33-26(32)21-13-15-22(16-14-21)28-23(29)11-8-12-25(31)34-18-24(30)27-19(2)20-9-6-5-7-10-20/h5-7,9-10,13-16,19H,3-4,8,11-12,17-18H2,1-2H3,(H,27,30)(H,28,29)/t19-/m0/s1. The maximum Gasteiger partial charge on any atom is 0.338 e. The molecule has 2 N–H and O–H groups in total. The summed E-state index contributed by atoms with van der Waals surface area (Å²) in [5.74, 6) is -1.59. The molecule has 34 heavy (non-hydrogen) atoms. The molecule has 0 heterocycles. The van der Waals surface area contributed by atoms with E-state index in [9.17, 15) is 19.2 Å². The van der Waals surface area contributed by atoms with Crippen molar-refractivity contribution < 1.29 is 28.7 Å². The Kier molecular flexibility index (Phi) is 11.3. The van der Waals surface area contributed by atoms with Crippen LogP contribution >= 0.6 is 0 Å². The molecule has 0 spiro atoms. The van der Waals surface area contributed by atoms with E-state index >= 15 is 0 Å². The lowest BCUT2D eigenvalue weighted by Gasteiger charge is -2.14. The number of hydrogen-bond acceptors (Lipinski definition) is 6. The highest BCUT2D eigenvalue weighted by Gasteiger charge is 2.13. The fourth-order valence-corrected chi connectivity index (χ4v) is 3.03. The van der Waals surface area contributed by atoms with Crippen LogP contribution in [0.15, 0.2) is 54.6 Å². The first-order valence-electron chi connectivity index (χ1n) is 11.5. The molecule has 182 valence electrons. The van der Waals surface area contributed by atoms with Gasteiger partial charge in [-0.25, -0.2) is 4.79 Å². The van der Waals surface area contributed by atoms with Crippen molar-refractivity contribution in [2.45, 2.75) is 52.0 Å². The van der Waals surface area contributed by atoms with Crippen LogP contribution in [0.4, 0.5) is 5.69 Å². The van der Waals surface area contributed by atoms with Gasteiger partial charge >= 0.3 is 11.9 Å². The van der Waals surface area contributed by atoms with Crippen LogP contribution in [-0.2, 0) is 23.9 Å². The number of benzene rings is 2. The first kappa shape index (κ1) is 26.6. The molecule has 0 unspecified atom stereocenters. The number of carbonyl (C=O) groups is 4. The average Bonchev–Trinajstić information content (AvgIpc) is 2.84. The highest BCUT2D eigenvalue weighted by molar-refractivity contribution is 5.93. The highest BCUT2D eigenvalue weighted by Crippen LogP contribution is 2.13. The minimum atomic E-state index is -0.541. The fraction of sp³-hybridized carbons (Fsp3) is 0.385. The highest BCUT2D eigenvalue weighted by atomic mass is 16.5. The third kappa shape index (κ3) is 9.85. The second kappa shape index (κ2) is 14.5. The SMILES string of the molecule is CCCCOC(=O)c1ccc(NC(=O)CCCC(=O)OCC(=O)N[C@@H](C)c2ccccc2)cc1. The van der Waals surface area contributed by atoms with Crippen LogP contribution in [0.25, 0.3) is 0 Å². The van der Waals surface area contributed by atoms with E-state index in [1.807, 2.05) is 44.2 Å². The Labute approximate surface area is 200 Å². The van der Waals surface area contributed by atoms with Crippen molar-refractivity contribution in [3.05, 3.63) is 65.7 Å². The molecule has 2 aromatic carbocycles. The summed E-state index contributed by atoms with van der Waals surface area (Å²) in [5, 5.41) is 5.48. The summed E-state index contributed by atoms with van der Waals surface area (Å²) in [4.78, 5) is 47.8. The van der Waals surface area contributed by atoms with Gasteiger partial charge in [0.05, 0.1) is 18.2 Å². The number of nitrogens with one attached hydrogen (secondary N) is 2. The number of amides is 2. The van der Waals surface area contributed by atoms with E-state index in [-0.39, 0.29) is 43.7 Å². The van der Waals surface area contributed by atoms with Crippen LogP contribution in [0, 0.1) is 0 Å². The summed E-state index contributed by atoms with van der Waals surface area (Å²) in [6, 6.07) is 15.7. The minimum absolute atomic E-state index is 0.0253. The number of carbonyl (C=O) groups excluding carboxylic acids is 4. The molecule has 0 saturated carbocycles. The molecule has 2 aromatic rings. The molecule has 0 aliphatic rings. The summed E-state index contributed by atoms with van der Waals surface area (Å²) in [5.41, 5.74) is 1.91. The van der Waals surface area contributed by atoms with Gasteiger partial charge in [0.15, 0.2) is 6.61 Å². The van der Waals surface area contributed by atoms with Gasteiger partial charge in [-0.2, -0.15) is 0 Å². The van der Waals surface area contributed by atoms with Gasteiger partial charge in [-0.1, -0.05) is 43.7 Å². The third-order valence-corrected chi connectivity index (χ3v) is 4.96. The van der Waals surface area contributed by atoms with Crippen LogP contribution in [-0.4, -0.2) is 37.0 Å². The van der Waals surface area contributed by atoms with Crippen molar-refractivity contribution in [3.8, 4) is 0 Å². The van der Waals surface area contributed by atoms with Crippen LogP contribution in [0.2, 0.25) is 0 Å². The lowest BCUT2D eigenvalue weighted by atomic mass is 10.1. The average molecular weight is 469 g/mol. The normalized spacial score (nSPS) is 11.2. The summed E-state index contributed by atoms with van der Waals surface area (Å²) < 4.78 is 10.1. The van der Waals surface area contributed by atoms with Crippen LogP contribution in [0.1, 0.15) is 67.9 Å². The maximum absolute atomic E-state index is 12.1. The van der Waals surface area contributed by atoms with Crippen LogP contribution < -0.4 is 10.6 Å². The Morgan fingerprint density at radius 3 is 2.24 bits per heavy atom. The van der Waals surface area contributed by atoms with Gasteiger partial charge in [-0.15, -0.1) is 0 Å². The molecule has 8 heteroatoms. The molecule has 0 aliphatic heterocycles. The monoisotopic (exact) mass is 468 g/mol. The number of rotatable bonds is 13. The Balaban J connectivity index is 1.62. The molecule has 0 fully saturated rings. The zero-order valence-electron chi connectivity index (χ0n) is 19.7. The number of anilines is 1. The van der Waals surface area contributed by atoms with E-state index in [0.717, 1.165) is 18.4 Å². The second-order valence-corrected chi connectivity index (χ2v) is 7.83.